The van der Waals surface area contributed by atoms with E-state index in [0.717, 1.165) is 31.2 Å². The molecule has 0 saturated heterocycles. The van der Waals surface area contributed by atoms with Crippen LogP contribution in [0.3, 0.4) is 0 Å². The van der Waals surface area contributed by atoms with Crippen LogP contribution >= 0.6 is 0 Å². The molecular formula is C26H47NaO3S. The van der Waals surface area contributed by atoms with E-state index in [4.69, 9.17) is 4.18 Å². The average Bonchev–Trinajstić information content (AvgIpc) is 2.74. The van der Waals surface area contributed by atoms with E-state index in [1.807, 2.05) is 12.1 Å². The Morgan fingerprint density at radius 2 is 1.13 bits per heavy atom. The van der Waals surface area contributed by atoms with Gasteiger partial charge in [-0.1, -0.05) is 122 Å². The van der Waals surface area contributed by atoms with E-state index in [1.165, 1.54) is 83.5 Å². The van der Waals surface area contributed by atoms with Gasteiger partial charge < -0.3 is 1.43 Å². The van der Waals surface area contributed by atoms with Crippen LogP contribution in [0.15, 0.2) is 29.2 Å². The largest absolute Gasteiger partial charge is 1.00 e. The summed E-state index contributed by atoms with van der Waals surface area (Å²) in [7, 11) is -3.65. The monoisotopic (exact) mass is 462 g/mol. The summed E-state index contributed by atoms with van der Waals surface area (Å²) in [6.07, 6.45) is 20.3. The van der Waals surface area contributed by atoms with Crippen molar-refractivity contribution in [1.82, 2.24) is 0 Å². The minimum Gasteiger partial charge on any atom is -1.00 e. The van der Waals surface area contributed by atoms with Gasteiger partial charge in [0.25, 0.3) is 10.1 Å². The van der Waals surface area contributed by atoms with Crippen LogP contribution in [-0.4, -0.2) is 15.0 Å². The van der Waals surface area contributed by atoms with E-state index in [2.05, 4.69) is 13.8 Å². The molecule has 1 aromatic carbocycles. The van der Waals surface area contributed by atoms with E-state index in [1.54, 1.807) is 12.1 Å². The van der Waals surface area contributed by atoms with Crippen LogP contribution in [0.5, 0.6) is 0 Å². The van der Waals surface area contributed by atoms with Crippen molar-refractivity contribution >= 4 is 10.1 Å². The summed E-state index contributed by atoms with van der Waals surface area (Å²) < 4.78 is 30.7. The number of rotatable bonds is 20. The van der Waals surface area contributed by atoms with Gasteiger partial charge in [0.15, 0.2) is 0 Å². The predicted molar refractivity (Wildman–Crippen MR) is 130 cm³/mol. The van der Waals surface area contributed by atoms with Gasteiger partial charge >= 0.3 is 29.6 Å². The molecule has 0 aliphatic carbocycles. The van der Waals surface area contributed by atoms with Crippen molar-refractivity contribution in [3.8, 4) is 0 Å². The molecule has 0 fully saturated rings. The number of unbranched alkanes of at least 4 members (excludes halogenated alkanes) is 14. The van der Waals surface area contributed by atoms with Gasteiger partial charge in [0.05, 0.1) is 11.5 Å². The van der Waals surface area contributed by atoms with Crippen LogP contribution in [0.1, 0.15) is 124 Å². The third-order valence-corrected chi connectivity index (χ3v) is 7.19. The van der Waals surface area contributed by atoms with Crippen molar-refractivity contribution in [1.29, 1.82) is 0 Å². The van der Waals surface area contributed by atoms with Crippen LogP contribution in [0.2, 0.25) is 0 Å². The SMILES string of the molecule is CCCCCCCCCCOS(=O)(=O)c1ccccc1CCCCCCCCCC.[H-].[Na+]. The number of hydrogen-bond donors (Lipinski definition) is 0. The standard InChI is InChI=1S/C26H46O3S.Na.H/c1-3-5-7-9-11-13-15-17-21-25-22-18-19-23-26(25)30(27,28)29-24-20-16-14-12-10-8-6-4-2;;/h18-19,22-23H,3-17,20-21,24H2,1-2H3;;/q;+1;-1. The van der Waals surface area contributed by atoms with Crippen molar-refractivity contribution in [2.45, 2.75) is 128 Å². The van der Waals surface area contributed by atoms with Crippen molar-refractivity contribution in [3.63, 3.8) is 0 Å². The Morgan fingerprint density at radius 3 is 1.68 bits per heavy atom. The molecule has 1 aromatic rings. The van der Waals surface area contributed by atoms with E-state index in [-0.39, 0.29) is 31.0 Å². The van der Waals surface area contributed by atoms with E-state index < -0.39 is 10.1 Å². The topological polar surface area (TPSA) is 43.4 Å². The first-order valence-electron chi connectivity index (χ1n) is 12.6. The first-order valence-corrected chi connectivity index (χ1v) is 14.0. The fourth-order valence-corrected chi connectivity index (χ4v) is 5.07. The van der Waals surface area contributed by atoms with E-state index in [9.17, 15) is 8.42 Å². The van der Waals surface area contributed by atoms with Crippen molar-refractivity contribution < 1.29 is 43.6 Å². The van der Waals surface area contributed by atoms with Crippen molar-refractivity contribution in [3.05, 3.63) is 29.8 Å². The Labute approximate surface area is 217 Å². The van der Waals surface area contributed by atoms with E-state index >= 15 is 0 Å². The molecule has 0 heterocycles. The van der Waals surface area contributed by atoms with Gasteiger partial charge in [-0.05, 0) is 30.9 Å². The molecular weight excluding hydrogens is 415 g/mol. The minimum atomic E-state index is -3.65. The molecule has 176 valence electrons. The molecule has 1 rings (SSSR count). The summed E-state index contributed by atoms with van der Waals surface area (Å²) in [4.78, 5) is 0.368. The number of aryl methyl sites for hydroxylation is 1. The van der Waals surface area contributed by atoms with Crippen LogP contribution in [0.25, 0.3) is 0 Å². The van der Waals surface area contributed by atoms with Gasteiger partial charge in [0.1, 0.15) is 0 Å². The fourth-order valence-electron chi connectivity index (χ4n) is 3.87. The predicted octanol–water partition coefficient (Wildman–Crippen LogP) is 5.33. The zero-order chi connectivity index (χ0) is 21.9. The molecule has 0 unspecified atom stereocenters. The molecule has 0 aliphatic rings. The van der Waals surface area contributed by atoms with Gasteiger partial charge in [-0.2, -0.15) is 8.42 Å². The summed E-state index contributed by atoms with van der Waals surface area (Å²) in [5.41, 5.74) is 0.902. The van der Waals surface area contributed by atoms with Gasteiger partial charge in [-0.25, -0.2) is 0 Å². The second-order valence-corrected chi connectivity index (χ2v) is 10.2. The Balaban J connectivity index is 0. The second kappa shape index (κ2) is 20.7. The van der Waals surface area contributed by atoms with Crippen LogP contribution in [-0.2, 0) is 20.7 Å². The van der Waals surface area contributed by atoms with Gasteiger partial charge in [-0.15, -0.1) is 0 Å². The summed E-state index contributed by atoms with van der Waals surface area (Å²) in [5, 5.41) is 0. The first kappa shape index (κ1) is 31.1. The summed E-state index contributed by atoms with van der Waals surface area (Å²) in [6, 6.07) is 7.36. The Bertz CT molecular complexity index is 638. The molecule has 31 heavy (non-hydrogen) atoms. The minimum absolute atomic E-state index is 0. The number of hydrogen-bond acceptors (Lipinski definition) is 3. The molecule has 0 spiro atoms. The van der Waals surface area contributed by atoms with Gasteiger partial charge in [0, 0.05) is 0 Å². The third kappa shape index (κ3) is 15.6. The molecule has 0 amide bonds. The molecule has 0 aromatic heterocycles. The summed E-state index contributed by atoms with van der Waals surface area (Å²) >= 11 is 0. The molecule has 0 N–H and O–H groups in total. The number of benzene rings is 1. The smallest absolute Gasteiger partial charge is 1.00 e. The molecule has 0 saturated carbocycles. The molecule has 0 bridgehead atoms. The summed E-state index contributed by atoms with van der Waals surface area (Å²) in [5.74, 6) is 0. The third-order valence-electron chi connectivity index (χ3n) is 5.78. The first-order chi connectivity index (χ1) is 14.6. The second-order valence-electron chi connectivity index (χ2n) is 8.58. The molecule has 0 aliphatic heterocycles. The maximum absolute atomic E-state index is 12.7. The summed E-state index contributed by atoms with van der Waals surface area (Å²) in [6.45, 7) is 4.76. The Kier molecular flexibility index (Phi) is 20.8. The maximum Gasteiger partial charge on any atom is 1.00 e. The normalized spacial score (nSPS) is 11.4. The molecule has 0 radical (unpaired) electrons. The van der Waals surface area contributed by atoms with E-state index in [0.29, 0.717) is 11.5 Å². The van der Waals surface area contributed by atoms with Crippen molar-refractivity contribution in [2.24, 2.45) is 0 Å². The fraction of sp³-hybridized carbons (Fsp3) is 0.769. The van der Waals surface area contributed by atoms with Crippen LogP contribution in [0.4, 0.5) is 0 Å². The molecule has 5 heteroatoms. The van der Waals surface area contributed by atoms with Gasteiger partial charge in [0.2, 0.25) is 0 Å². The average molecular weight is 463 g/mol. The van der Waals surface area contributed by atoms with Crippen LogP contribution < -0.4 is 29.6 Å². The van der Waals surface area contributed by atoms with Crippen molar-refractivity contribution in [2.75, 3.05) is 6.61 Å². The Hall–Kier alpha value is 0.130. The zero-order valence-electron chi connectivity index (χ0n) is 21.7. The zero-order valence-corrected chi connectivity index (χ0v) is 23.5. The Morgan fingerprint density at radius 1 is 0.677 bits per heavy atom. The van der Waals surface area contributed by atoms with Gasteiger partial charge in [-0.3, -0.25) is 4.18 Å². The quantitative estimate of drug-likeness (QED) is 0.149. The maximum atomic E-state index is 12.7. The molecule has 0 atom stereocenters. The van der Waals surface area contributed by atoms with Crippen LogP contribution in [0, 0.1) is 0 Å². The molecule has 3 nitrogen and oxygen atoms in total.